The molecule has 0 amide bonds. The van der Waals surface area contributed by atoms with Gasteiger partial charge in [0.25, 0.3) is 0 Å². The predicted octanol–water partition coefficient (Wildman–Crippen LogP) is 4.10. The lowest BCUT2D eigenvalue weighted by Gasteiger charge is -2.11. The molecule has 1 N–H and O–H groups in total. The number of rotatable bonds is 7. The lowest BCUT2D eigenvalue weighted by atomic mass is 10.1. The third-order valence-corrected chi connectivity index (χ3v) is 3.47. The highest BCUT2D eigenvalue weighted by Crippen LogP contribution is 2.27. The highest BCUT2D eigenvalue weighted by Gasteiger charge is 2.04. The van der Waals surface area contributed by atoms with Gasteiger partial charge in [-0.05, 0) is 41.8 Å². The molecule has 0 radical (unpaired) electrons. The summed E-state index contributed by atoms with van der Waals surface area (Å²) in [5.74, 6) is 2.14. The van der Waals surface area contributed by atoms with E-state index in [0.29, 0.717) is 5.88 Å². The molecule has 112 valence electrons. The van der Waals surface area contributed by atoms with Crippen LogP contribution in [-0.4, -0.2) is 20.1 Å². The van der Waals surface area contributed by atoms with Crippen LogP contribution in [0.1, 0.15) is 11.1 Å². The average molecular weight is 306 g/mol. The number of nitrogens with one attached hydrogen (secondary N) is 1. The number of methoxy groups -OCH3 is 2. The van der Waals surface area contributed by atoms with Gasteiger partial charge in [0.1, 0.15) is 0 Å². The molecular weight excluding hydrogens is 286 g/mol. The van der Waals surface area contributed by atoms with Crippen molar-refractivity contribution in [2.45, 2.75) is 13.0 Å². The van der Waals surface area contributed by atoms with E-state index < -0.39 is 0 Å². The lowest BCUT2D eigenvalue weighted by Crippen LogP contribution is -2.00. The van der Waals surface area contributed by atoms with Gasteiger partial charge in [-0.1, -0.05) is 18.2 Å². The number of aryl methyl sites for hydroxylation is 1. The summed E-state index contributed by atoms with van der Waals surface area (Å²) >= 11 is 5.73. The van der Waals surface area contributed by atoms with Crippen molar-refractivity contribution in [2.24, 2.45) is 0 Å². The Morgan fingerprint density at radius 3 is 2.19 bits per heavy atom. The van der Waals surface area contributed by atoms with Crippen LogP contribution in [0.3, 0.4) is 0 Å². The van der Waals surface area contributed by atoms with E-state index >= 15 is 0 Å². The van der Waals surface area contributed by atoms with Crippen molar-refractivity contribution in [2.75, 3.05) is 25.4 Å². The zero-order valence-corrected chi connectivity index (χ0v) is 13.1. The quantitative estimate of drug-likeness (QED) is 0.781. The van der Waals surface area contributed by atoms with E-state index in [1.54, 1.807) is 14.2 Å². The third kappa shape index (κ3) is 4.30. The van der Waals surface area contributed by atoms with Crippen LogP contribution in [0.2, 0.25) is 0 Å². The van der Waals surface area contributed by atoms with Crippen LogP contribution in [0, 0.1) is 0 Å². The Balaban J connectivity index is 1.99. The summed E-state index contributed by atoms with van der Waals surface area (Å²) < 4.78 is 10.5. The second-order valence-corrected chi connectivity index (χ2v) is 5.06. The van der Waals surface area contributed by atoms with E-state index in [9.17, 15) is 0 Å². The first-order chi connectivity index (χ1) is 10.3. The summed E-state index contributed by atoms with van der Waals surface area (Å²) in [6.07, 6.45) is 0.900. The second-order valence-electron chi connectivity index (χ2n) is 4.68. The molecule has 0 atom stereocenters. The first-order valence-corrected chi connectivity index (χ1v) is 7.40. The second kappa shape index (κ2) is 7.79. The Hall–Kier alpha value is -1.87. The van der Waals surface area contributed by atoms with Crippen LogP contribution in [0.25, 0.3) is 0 Å². The molecule has 2 aromatic rings. The molecule has 0 saturated carbocycles. The fourth-order valence-electron chi connectivity index (χ4n) is 2.09. The van der Waals surface area contributed by atoms with E-state index in [0.717, 1.165) is 35.7 Å². The number of alkyl halides is 1. The largest absolute Gasteiger partial charge is 0.493 e. The predicted molar refractivity (Wildman–Crippen MR) is 87.7 cm³/mol. The zero-order chi connectivity index (χ0) is 15.1. The van der Waals surface area contributed by atoms with E-state index in [-0.39, 0.29) is 0 Å². The van der Waals surface area contributed by atoms with Crippen LogP contribution in [-0.2, 0) is 13.0 Å². The molecule has 4 heteroatoms. The van der Waals surface area contributed by atoms with Crippen molar-refractivity contribution in [1.82, 2.24) is 0 Å². The topological polar surface area (TPSA) is 30.5 Å². The fraction of sp³-hybridized carbons (Fsp3) is 0.294. The van der Waals surface area contributed by atoms with E-state index in [2.05, 4.69) is 29.6 Å². The van der Waals surface area contributed by atoms with Gasteiger partial charge in [0.05, 0.1) is 14.2 Å². The summed E-state index contributed by atoms with van der Waals surface area (Å²) in [6, 6.07) is 14.3. The number of anilines is 1. The standard InChI is InChI=1S/C17H20ClNO2/c1-20-16-8-5-14(11-17(16)21-2)12-19-15-6-3-13(4-7-15)9-10-18/h3-8,11,19H,9-10,12H2,1-2H3. The van der Waals surface area contributed by atoms with Gasteiger partial charge < -0.3 is 14.8 Å². The summed E-state index contributed by atoms with van der Waals surface area (Å²) in [6.45, 7) is 0.731. The Kier molecular flexibility index (Phi) is 5.76. The van der Waals surface area contributed by atoms with Crippen LogP contribution >= 0.6 is 11.6 Å². The lowest BCUT2D eigenvalue weighted by molar-refractivity contribution is 0.354. The van der Waals surface area contributed by atoms with Crippen LogP contribution in [0.15, 0.2) is 42.5 Å². The molecule has 21 heavy (non-hydrogen) atoms. The highest BCUT2D eigenvalue weighted by atomic mass is 35.5. The molecule has 0 saturated heterocycles. The Morgan fingerprint density at radius 2 is 1.57 bits per heavy atom. The molecule has 0 heterocycles. The molecule has 3 nitrogen and oxygen atoms in total. The maximum Gasteiger partial charge on any atom is 0.161 e. The number of benzene rings is 2. The molecule has 0 aromatic heterocycles. The van der Waals surface area contributed by atoms with Gasteiger partial charge in [-0.15, -0.1) is 11.6 Å². The van der Waals surface area contributed by atoms with Crippen molar-refractivity contribution in [3.63, 3.8) is 0 Å². The van der Waals surface area contributed by atoms with Crippen molar-refractivity contribution < 1.29 is 9.47 Å². The number of ether oxygens (including phenoxy) is 2. The van der Waals surface area contributed by atoms with Gasteiger partial charge in [0.2, 0.25) is 0 Å². The SMILES string of the molecule is COc1ccc(CNc2ccc(CCCl)cc2)cc1OC. The Morgan fingerprint density at radius 1 is 0.905 bits per heavy atom. The average Bonchev–Trinajstić information content (AvgIpc) is 2.54. The monoisotopic (exact) mass is 305 g/mol. The van der Waals surface area contributed by atoms with Gasteiger partial charge in [-0.3, -0.25) is 0 Å². The molecule has 0 unspecified atom stereocenters. The van der Waals surface area contributed by atoms with Crippen LogP contribution in [0.5, 0.6) is 11.5 Å². The first kappa shape index (κ1) is 15.5. The normalized spacial score (nSPS) is 10.2. The smallest absolute Gasteiger partial charge is 0.161 e. The molecule has 0 aliphatic rings. The van der Waals surface area contributed by atoms with Gasteiger partial charge in [-0.2, -0.15) is 0 Å². The van der Waals surface area contributed by atoms with Crippen molar-refractivity contribution in [3.05, 3.63) is 53.6 Å². The molecule has 0 bridgehead atoms. The third-order valence-electron chi connectivity index (χ3n) is 3.28. The van der Waals surface area contributed by atoms with Gasteiger partial charge >= 0.3 is 0 Å². The highest BCUT2D eigenvalue weighted by molar-refractivity contribution is 6.17. The molecule has 2 rings (SSSR count). The van der Waals surface area contributed by atoms with E-state index in [1.165, 1.54) is 5.56 Å². The van der Waals surface area contributed by atoms with Crippen LogP contribution in [0.4, 0.5) is 5.69 Å². The maximum absolute atomic E-state index is 5.73. The first-order valence-electron chi connectivity index (χ1n) is 6.86. The van der Waals surface area contributed by atoms with E-state index in [1.807, 2.05) is 18.2 Å². The summed E-state index contributed by atoms with van der Waals surface area (Å²) in [7, 11) is 3.28. The summed E-state index contributed by atoms with van der Waals surface area (Å²) in [4.78, 5) is 0. The molecule has 2 aromatic carbocycles. The minimum Gasteiger partial charge on any atom is -0.493 e. The molecule has 0 aliphatic heterocycles. The summed E-state index contributed by atoms with van der Waals surface area (Å²) in [5, 5.41) is 3.39. The number of halogens is 1. The fourth-order valence-corrected chi connectivity index (χ4v) is 2.31. The zero-order valence-electron chi connectivity index (χ0n) is 12.4. The van der Waals surface area contributed by atoms with Gasteiger partial charge in [-0.25, -0.2) is 0 Å². The van der Waals surface area contributed by atoms with Gasteiger partial charge in [0, 0.05) is 18.1 Å². The molecule has 0 aliphatic carbocycles. The van der Waals surface area contributed by atoms with Gasteiger partial charge in [0.15, 0.2) is 11.5 Å². The maximum atomic E-state index is 5.73. The number of hydrogen-bond donors (Lipinski definition) is 1. The Labute approximate surface area is 130 Å². The van der Waals surface area contributed by atoms with Crippen LogP contribution < -0.4 is 14.8 Å². The Bertz CT molecular complexity index is 570. The van der Waals surface area contributed by atoms with Crippen molar-refractivity contribution in [3.8, 4) is 11.5 Å². The molecule has 0 spiro atoms. The molecular formula is C17H20ClNO2. The van der Waals surface area contributed by atoms with E-state index in [4.69, 9.17) is 21.1 Å². The van der Waals surface area contributed by atoms with Crippen molar-refractivity contribution >= 4 is 17.3 Å². The van der Waals surface area contributed by atoms with Crippen molar-refractivity contribution in [1.29, 1.82) is 0 Å². The minimum atomic E-state index is 0.651. The summed E-state index contributed by atoms with van der Waals surface area (Å²) in [5.41, 5.74) is 3.47. The molecule has 0 fully saturated rings. The minimum absolute atomic E-state index is 0.651. The number of hydrogen-bond acceptors (Lipinski definition) is 3.